The quantitative estimate of drug-likeness (QED) is 0.866. The van der Waals surface area contributed by atoms with Gasteiger partial charge in [0.15, 0.2) is 5.82 Å². The predicted molar refractivity (Wildman–Crippen MR) is 88.2 cm³/mol. The summed E-state index contributed by atoms with van der Waals surface area (Å²) >= 11 is 6.06. The number of nitrogens with zero attached hydrogens (tertiary/aromatic N) is 2. The number of aromatic nitrogens is 2. The minimum absolute atomic E-state index is 0.0526. The van der Waals surface area contributed by atoms with Gasteiger partial charge in [-0.05, 0) is 45.4 Å². The van der Waals surface area contributed by atoms with Gasteiger partial charge in [0.25, 0.3) is 5.56 Å². The van der Waals surface area contributed by atoms with E-state index in [4.69, 9.17) is 11.6 Å². The van der Waals surface area contributed by atoms with Crippen molar-refractivity contribution < 1.29 is 0 Å². The van der Waals surface area contributed by atoms with Crippen molar-refractivity contribution in [1.29, 1.82) is 0 Å². The highest BCUT2D eigenvalue weighted by Gasteiger charge is 2.25. The molecule has 2 rings (SSSR count). The molecule has 2 unspecified atom stereocenters. The maximum absolute atomic E-state index is 12.5. The second-order valence-corrected chi connectivity index (χ2v) is 7.27. The molecule has 1 aromatic rings. The monoisotopic (exact) mass is 311 g/mol. The molecule has 2 atom stereocenters. The van der Waals surface area contributed by atoms with Crippen LogP contribution in [0.1, 0.15) is 46.5 Å². The second kappa shape index (κ2) is 6.82. The van der Waals surface area contributed by atoms with Gasteiger partial charge >= 0.3 is 0 Å². The van der Waals surface area contributed by atoms with Gasteiger partial charge in [-0.15, -0.1) is 11.6 Å². The van der Waals surface area contributed by atoms with Crippen molar-refractivity contribution in [2.45, 2.75) is 52.0 Å². The van der Waals surface area contributed by atoms with Crippen molar-refractivity contribution in [3.8, 4) is 0 Å². The minimum atomic E-state index is -0.236. The second-order valence-electron chi connectivity index (χ2n) is 6.96. The lowest BCUT2D eigenvalue weighted by molar-refractivity contribution is 0.271. The fraction of sp³-hybridized carbons (Fsp3) is 0.750. The summed E-state index contributed by atoms with van der Waals surface area (Å²) in [7, 11) is 0. The van der Waals surface area contributed by atoms with Crippen LogP contribution in [-0.4, -0.2) is 22.0 Å². The highest BCUT2D eigenvalue weighted by molar-refractivity contribution is 6.18. The molecule has 0 aliphatic heterocycles. The van der Waals surface area contributed by atoms with E-state index in [1.807, 2.05) is 20.8 Å². The van der Waals surface area contributed by atoms with Gasteiger partial charge in [0, 0.05) is 30.4 Å². The van der Waals surface area contributed by atoms with Gasteiger partial charge in [0.1, 0.15) is 0 Å². The number of nitrogens with one attached hydrogen (secondary N) is 1. The molecule has 1 heterocycles. The molecule has 0 spiro atoms. The van der Waals surface area contributed by atoms with Crippen molar-refractivity contribution in [2.75, 3.05) is 17.7 Å². The van der Waals surface area contributed by atoms with Crippen molar-refractivity contribution in [3.05, 3.63) is 22.7 Å². The van der Waals surface area contributed by atoms with Crippen LogP contribution in [0.15, 0.2) is 17.2 Å². The summed E-state index contributed by atoms with van der Waals surface area (Å²) in [5, 5.41) is 3.26. The van der Waals surface area contributed by atoms with Crippen LogP contribution in [-0.2, 0) is 5.54 Å². The zero-order valence-electron chi connectivity index (χ0n) is 13.2. The number of alkyl halides is 1. The summed E-state index contributed by atoms with van der Waals surface area (Å²) in [6, 6.07) is 0. The van der Waals surface area contributed by atoms with Crippen molar-refractivity contribution in [3.63, 3.8) is 0 Å². The fourth-order valence-electron chi connectivity index (χ4n) is 3.05. The molecule has 118 valence electrons. The van der Waals surface area contributed by atoms with Crippen LogP contribution in [0.4, 0.5) is 5.82 Å². The Hall–Kier alpha value is -1.03. The first-order chi connectivity index (χ1) is 9.93. The number of hydrogen-bond acceptors (Lipinski definition) is 3. The third kappa shape index (κ3) is 4.00. The summed E-state index contributed by atoms with van der Waals surface area (Å²) in [5.41, 5.74) is -0.289. The third-order valence-corrected chi connectivity index (χ3v) is 4.76. The van der Waals surface area contributed by atoms with Gasteiger partial charge in [-0.1, -0.05) is 12.8 Å². The molecule has 21 heavy (non-hydrogen) atoms. The molecule has 1 aliphatic carbocycles. The minimum Gasteiger partial charge on any atom is -0.365 e. The molecule has 0 bridgehead atoms. The molecule has 1 N–H and O–H groups in total. The lowest BCUT2D eigenvalue weighted by Gasteiger charge is -2.30. The first-order valence-corrected chi connectivity index (χ1v) is 8.35. The average molecular weight is 312 g/mol. The topological polar surface area (TPSA) is 46.9 Å². The largest absolute Gasteiger partial charge is 0.365 e. The van der Waals surface area contributed by atoms with Crippen LogP contribution in [0.3, 0.4) is 0 Å². The molecule has 1 saturated carbocycles. The van der Waals surface area contributed by atoms with E-state index < -0.39 is 0 Å². The van der Waals surface area contributed by atoms with E-state index in [-0.39, 0.29) is 11.1 Å². The van der Waals surface area contributed by atoms with Crippen LogP contribution in [0.5, 0.6) is 0 Å². The smallest absolute Gasteiger partial charge is 0.293 e. The van der Waals surface area contributed by atoms with E-state index in [9.17, 15) is 4.79 Å². The predicted octanol–water partition coefficient (Wildman–Crippen LogP) is 3.46. The van der Waals surface area contributed by atoms with Gasteiger partial charge in [-0.2, -0.15) is 0 Å². The first kappa shape index (κ1) is 16.3. The summed E-state index contributed by atoms with van der Waals surface area (Å²) in [5.74, 6) is 2.26. The zero-order valence-corrected chi connectivity index (χ0v) is 14.0. The normalized spacial score (nSPS) is 23.0. The van der Waals surface area contributed by atoms with Gasteiger partial charge in [-0.3, -0.25) is 4.79 Å². The van der Waals surface area contributed by atoms with Gasteiger partial charge in [0.05, 0.1) is 0 Å². The Morgan fingerprint density at radius 3 is 2.62 bits per heavy atom. The van der Waals surface area contributed by atoms with E-state index in [0.717, 1.165) is 6.54 Å². The van der Waals surface area contributed by atoms with E-state index in [0.29, 0.717) is 23.5 Å². The van der Waals surface area contributed by atoms with Gasteiger partial charge in [-0.25, -0.2) is 4.98 Å². The third-order valence-electron chi connectivity index (χ3n) is 4.36. The maximum Gasteiger partial charge on any atom is 0.293 e. The Labute approximate surface area is 131 Å². The molecular weight excluding hydrogens is 286 g/mol. The summed E-state index contributed by atoms with van der Waals surface area (Å²) in [6.07, 6.45) is 8.35. The lowest BCUT2D eigenvalue weighted by Crippen LogP contribution is -2.36. The molecule has 1 aromatic heterocycles. The Bertz CT molecular complexity index is 521. The number of halogens is 1. The highest BCUT2D eigenvalue weighted by Crippen LogP contribution is 2.30. The Balaban J connectivity index is 2.08. The van der Waals surface area contributed by atoms with Crippen LogP contribution in [0.2, 0.25) is 0 Å². The standard InChI is InChI=1S/C16H26ClN3O/c1-16(2,3)20-9-8-18-14(15(20)21)19-11-13-7-5-4-6-12(13)10-17/h8-9,12-13H,4-7,10-11H2,1-3H3,(H,18,19). The average Bonchev–Trinajstić information content (AvgIpc) is 2.45. The van der Waals surface area contributed by atoms with E-state index in [1.165, 1.54) is 25.7 Å². The Morgan fingerprint density at radius 2 is 2.00 bits per heavy atom. The number of rotatable bonds is 4. The fourth-order valence-corrected chi connectivity index (χ4v) is 3.45. The highest BCUT2D eigenvalue weighted by atomic mass is 35.5. The van der Waals surface area contributed by atoms with E-state index in [1.54, 1.807) is 17.0 Å². The molecule has 0 saturated heterocycles. The lowest BCUT2D eigenvalue weighted by atomic mass is 9.80. The zero-order chi connectivity index (χ0) is 15.5. The van der Waals surface area contributed by atoms with Crippen LogP contribution in [0, 0.1) is 11.8 Å². The summed E-state index contributed by atoms with van der Waals surface area (Å²) in [6.45, 7) is 6.84. The molecule has 0 amide bonds. The van der Waals surface area contributed by atoms with Gasteiger partial charge in [0.2, 0.25) is 0 Å². The summed E-state index contributed by atoms with van der Waals surface area (Å²) < 4.78 is 1.72. The van der Waals surface area contributed by atoms with Crippen molar-refractivity contribution in [2.24, 2.45) is 11.8 Å². The molecular formula is C16H26ClN3O. The van der Waals surface area contributed by atoms with E-state index in [2.05, 4.69) is 10.3 Å². The Kier molecular flexibility index (Phi) is 5.31. The van der Waals surface area contributed by atoms with Crippen molar-refractivity contribution >= 4 is 17.4 Å². The summed E-state index contributed by atoms with van der Waals surface area (Å²) in [4.78, 5) is 16.7. The SMILES string of the molecule is CC(C)(C)n1ccnc(NCC2CCCCC2CCl)c1=O. The van der Waals surface area contributed by atoms with Gasteiger partial charge < -0.3 is 9.88 Å². The molecule has 1 fully saturated rings. The molecule has 1 aliphatic rings. The molecule has 0 radical (unpaired) electrons. The van der Waals surface area contributed by atoms with E-state index >= 15 is 0 Å². The molecule has 0 aromatic carbocycles. The molecule has 4 nitrogen and oxygen atoms in total. The number of anilines is 1. The first-order valence-electron chi connectivity index (χ1n) is 7.81. The van der Waals surface area contributed by atoms with Crippen molar-refractivity contribution in [1.82, 2.24) is 9.55 Å². The van der Waals surface area contributed by atoms with Crippen LogP contribution < -0.4 is 10.9 Å². The maximum atomic E-state index is 12.5. The Morgan fingerprint density at radius 1 is 1.33 bits per heavy atom. The van der Waals surface area contributed by atoms with Crippen LogP contribution >= 0.6 is 11.6 Å². The number of hydrogen-bond donors (Lipinski definition) is 1. The van der Waals surface area contributed by atoms with Crippen LogP contribution in [0.25, 0.3) is 0 Å². The molecule has 5 heteroatoms.